The number of rotatable bonds is 4. The van der Waals surface area contributed by atoms with Crippen LogP contribution in [-0.4, -0.2) is 22.8 Å². The predicted molar refractivity (Wildman–Crippen MR) is 93.9 cm³/mol. The molecule has 5 nitrogen and oxygen atoms in total. The van der Waals surface area contributed by atoms with Gasteiger partial charge in [0.25, 0.3) is 5.91 Å². The Balaban J connectivity index is 1.85. The van der Waals surface area contributed by atoms with Gasteiger partial charge in [-0.1, -0.05) is 24.3 Å². The fourth-order valence-electron chi connectivity index (χ4n) is 3.68. The van der Waals surface area contributed by atoms with E-state index in [1.165, 1.54) is 0 Å². The quantitative estimate of drug-likeness (QED) is 0.796. The number of fused-ring (bicyclic) bond motifs is 2. The van der Waals surface area contributed by atoms with Gasteiger partial charge in [0.05, 0.1) is 12.3 Å². The van der Waals surface area contributed by atoms with E-state index in [2.05, 4.69) is 0 Å². The molecule has 4 rings (SSSR count). The van der Waals surface area contributed by atoms with Gasteiger partial charge < -0.3 is 15.1 Å². The molecule has 0 fully saturated rings. The molecule has 126 valence electrons. The van der Waals surface area contributed by atoms with Gasteiger partial charge in [0, 0.05) is 23.4 Å². The monoisotopic (exact) mass is 334 g/mol. The third-order valence-electron chi connectivity index (χ3n) is 4.76. The van der Waals surface area contributed by atoms with E-state index in [0.717, 1.165) is 22.1 Å². The summed E-state index contributed by atoms with van der Waals surface area (Å²) >= 11 is 0. The zero-order chi connectivity index (χ0) is 17.6. The lowest BCUT2D eigenvalue weighted by atomic mass is 9.96. The maximum absolute atomic E-state index is 13.0. The van der Waals surface area contributed by atoms with Gasteiger partial charge in [-0.05, 0) is 42.3 Å². The van der Waals surface area contributed by atoms with E-state index in [-0.39, 0.29) is 24.4 Å². The molecule has 2 N–H and O–H groups in total. The maximum atomic E-state index is 13.0. The average Bonchev–Trinajstić information content (AvgIpc) is 3.16. The van der Waals surface area contributed by atoms with Gasteiger partial charge in [-0.25, -0.2) is 0 Å². The van der Waals surface area contributed by atoms with Crippen molar-refractivity contribution in [2.75, 3.05) is 0 Å². The maximum Gasteiger partial charge on any atom is 0.255 e. The number of nitrogens with zero attached hydrogens (tertiary/aromatic N) is 1. The number of primary amides is 1. The minimum atomic E-state index is -0.416. The number of furan rings is 1. The summed E-state index contributed by atoms with van der Waals surface area (Å²) in [5, 5.41) is 0.983. The number of carbonyl (C=O) groups is 2. The lowest BCUT2D eigenvalue weighted by Crippen LogP contribution is -2.39. The van der Waals surface area contributed by atoms with Crippen LogP contribution in [0.1, 0.15) is 40.9 Å². The van der Waals surface area contributed by atoms with E-state index >= 15 is 0 Å². The third-order valence-corrected chi connectivity index (χ3v) is 4.76. The van der Waals surface area contributed by atoms with Crippen LogP contribution in [0, 0.1) is 0 Å². The van der Waals surface area contributed by atoms with Crippen LogP contribution in [0.15, 0.2) is 59.2 Å². The largest absolute Gasteiger partial charge is 0.464 e. The molecule has 5 heteroatoms. The van der Waals surface area contributed by atoms with E-state index in [1.54, 1.807) is 11.2 Å². The second-order valence-electron chi connectivity index (χ2n) is 6.44. The number of hydrogen-bond acceptors (Lipinski definition) is 3. The average molecular weight is 334 g/mol. The van der Waals surface area contributed by atoms with Gasteiger partial charge in [0.1, 0.15) is 5.58 Å². The van der Waals surface area contributed by atoms with Gasteiger partial charge in [0.2, 0.25) is 5.91 Å². The molecule has 0 spiro atoms. The van der Waals surface area contributed by atoms with Crippen molar-refractivity contribution in [3.8, 4) is 0 Å². The predicted octanol–water partition coefficient (Wildman–Crippen LogP) is 3.24. The zero-order valence-corrected chi connectivity index (χ0v) is 13.8. The van der Waals surface area contributed by atoms with Crippen molar-refractivity contribution in [3.63, 3.8) is 0 Å². The van der Waals surface area contributed by atoms with Crippen molar-refractivity contribution in [1.29, 1.82) is 0 Å². The first-order chi connectivity index (χ1) is 12.1. The van der Waals surface area contributed by atoms with Crippen LogP contribution < -0.4 is 5.73 Å². The normalized spacial score (nSPS) is 17.7. The number of amides is 2. The van der Waals surface area contributed by atoms with Crippen molar-refractivity contribution >= 4 is 22.8 Å². The molecular weight excluding hydrogens is 316 g/mol. The Kier molecular flexibility index (Phi) is 3.57. The molecule has 0 radical (unpaired) electrons. The molecule has 2 atom stereocenters. The minimum Gasteiger partial charge on any atom is -0.464 e. The molecule has 0 bridgehead atoms. The lowest BCUT2D eigenvalue weighted by molar-refractivity contribution is -0.118. The first kappa shape index (κ1) is 15.4. The van der Waals surface area contributed by atoms with Crippen LogP contribution in [0.3, 0.4) is 0 Å². The Morgan fingerprint density at radius 3 is 2.84 bits per heavy atom. The number of nitrogens with two attached hydrogens (primary N) is 1. The van der Waals surface area contributed by atoms with Gasteiger partial charge >= 0.3 is 0 Å². The number of benzene rings is 2. The summed E-state index contributed by atoms with van der Waals surface area (Å²) < 4.78 is 5.41. The Labute approximate surface area is 145 Å². The molecule has 0 saturated heterocycles. The summed E-state index contributed by atoms with van der Waals surface area (Å²) in [4.78, 5) is 26.1. The second kappa shape index (κ2) is 5.77. The smallest absolute Gasteiger partial charge is 0.255 e. The molecule has 0 saturated carbocycles. The highest BCUT2D eigenvalue weighted by molar-refractivity contribution is 6.00. The SMILES string of the molecule is CC(CC(N)=O)N1C(=O)c2ccccc2C1c1ccc2occc2c1. The number of carbonyl (C=O) groups excluding carboxylic acids is 2. The first-order valence-electron chi connectivity index (χ1n) is 8.23. The van der Waals surface area contributed by atoms with Crippen LogP contribution >= 0.6 is 0 Å². The van der Waals surface area contributed by atoms with E-state index in [1.807, 2.05) is 55.5 Å². The fraction of sp³-hybridized carbons (Fsp3) is 0.200. The standard InChI is InChI=1S/C20H18N2O3/c1-12(10-18(21)23)22-19(15-4-2-3-5-16(15)20(22)24)14-6-7-17-13(11-14)8-9-25-17/h2-9,11-12,19H,10H2,1H3,(H2,21,23). The lowest BCUT2D eigenvalue weighted by Gasteiger charge is -2.31. The Hall–Kier alpha value is -3.08. The van der Waals surface area contributed by atoms with Crippen molar-refractivity contribution in [3.05, 3.63) is 71.5 Å². The van der Waals surface area contributed by atoms with Crippen molar-refractivity contribution in [2.45, 2.75) is 25.4 Å². The van der Waals surface area contributed by atoms with Crippen molar-refractivity contribution < 1.29 is 14.0 Å². The molecule has 2 aromatic carbocycles. The van der Waals surface area contributed by atoms with E-state index in [0.29, 0.717) is 5.56 Å². The molecule has 25 heavy (non-hydrogen) atoms. The molecule has 1 aromatic heterocycles. The highest BCUT2D eigenvalue weighted by Crippen LogP contribution is 2.41. The molecule has 1 aliphatic heterocycles. The summed E-state index contributed by atoms with van der Waals surface area (Å²) in [5.41, 5.74) is 8.79. The highest BCUT2D eigenvalue weighted by Gasteiger charge is 2.40. The van der Waals surface area contributed by atoms with Gasteiger partial charge in [0.15, 0.2) is 0 Å². The first-order valence-corrected chi connectivity index (χ1v) is 8.23. The summed E-state index contributed by atoms with van der Waals surface area (Å²) in [6, 6.07) is 14.9. The second-order valence-corrected chi connectivity index (χ2v) is 6.44. The van der Waals surface area contributed by atoms with Crippen LogP contribution in [-0.2, 0) is 4.79 Å². The van der Waals surface area contributed by atoms with E-state index in [9.17, 15) is 9.59 Å². The Bertz CT molecular complexity index is 976. The Morgan fingerprint density at radius 2 is 2.04 bits per heavy atom. The minimum absolute atomic E-state index is 0.0679. The van der Waals surface area contributed by atoms with Crippen LogP contribution in [0.5, 0.6) is 0 Å². The summed E-state index contributed by atoms with van der Waals surface area (Å²) in [5.74, 6) is -0.484. The summed E-state index contributed by atoms with van der Waals surface area (Å²) in [6.45, 7) is 1.86. The molecule has 2 amide bonds. The van der Waals surface area contributed by atoms with E-state index < -0.39 is 5.91 Å². The molecule has 1 aliphatic rings. The van der Waals surface area contributed by atoms with E-state index in [4.69, 9.17) is 10.2 Å². The van der Waals surface area contributed by atoms with Gasteiger partial charge in [-0.15, -0.1) is 0 Å². The Morgan fingerprint density at radius 1 is 1.24 bits per heavy atom. The summed E-state index contributed by atoms with van der Waals surface area (Å²) in [6.07, 6.45) is 1.78. The van der Waals surface area contributed by atoms with Crippen molar-refractivity contribution in [2.24, 2.45) is 5.73 Å². The molecule has 0 aliphatic carbocycles. The number of hydrogen-bond donors (Lipinski definition) is 1. The molecule has 2 unspecified atom stereocenters. The molecule has 2 heterocycles. The van der Waals surface area contributed by atoms with Crippen LogP contribution in [0.2, 0.25) is 0 Å². The molecular formula is C20H18N2O3. The van der Waals surface area contributed by atoms with Gasteiger partial charge in [-0.3, -0.25) is 9.59 Å². The van der Waals surface area contributed by atoms with Gasteiger partial charge in [-0.2, -0.15) is 0 Å². The zero-order valence-electron chi connectivity index (χ0n) is 13.8. The third kappa shape index (κ3) is 2.48. The fourth-order valence-corrected chi connectivity index (χ4v) is 3.68. The topological polar surface area (TPSA) is 76.5 Å². The van der Waals surface area contributed by atoms with Crippen LogP contribution in [0.25, 0.3) is 11.0 Å². The highest BCUT2D eigenvalue weighted by atomic mass is 16.3. The summed E-state index contributed by atoms with van der Waals surface area (Å²) in [7, 11) is 0. The van der Waals surface area contributed by atoms with Crippen LogP contribution in [0.4, 0.5) is 0 Å². The molecule has 3 aromatic rings. The van der Waals surface area contributed by atoms with Crippen molar-refractivity contribution in [1.82, 2.24) is 4.90 Å².